The fraction of sp³-hybridized carbons (Fsp3) is 0.333. The number of nitrogens with zero attached hydrogens (tertiary/aromatic N) is 1. The Bertz CT molecular complexity index is 751. The van der Waals surface area contributed by atoms with Crippen LogP contribution in [-0.2, 0) is 12.8 Å². The minimum Gasteiger partial charge on any atom is -0.508 e. The molecule has 1 aliphatic rings. The molecule has 0 atom stereocenters. The number of anilines is 1. The molecular formula is C18H19F3N2O2. The lowest BCUT2D eigenvalue weighted by atomic mass is 10.0. The molecule has 0 aliphatic heterocycles. The average Bonchev–Trinajstić information content (AvgIpc) is 3.37. The van der Waals surface area contributed by atoms with Crippen molar-refractivity contribution in [2.75, 3.05) is 12.1 Å². The van der Waals surface area contributed by atoms with Crippen molar-refractivity contribution in [1.29, 1.82) is 0 Å². The third kappa shape index (κ3) is 3.82. The normalized spacial score (nSPS) is 14.4. The van der Waals surface area contributed by atoms with Gasteiger partial charge in [0, 0.05) is 12.6 Å². The quantitative estimate of drug-likeness (QED) is 0.626. The lowest BCUT2D eigenvalue weighted by Crippen LogP contribution is -2.27. The van der Waals surface area contributed by atoms with E-state index in [9.17, 15) is 18.3 Å². The molecule has 2 aromatic carbocycles. The number of aromatic hydroxyl groups is 1. The molecular weight excluding hydrogens is 333 g/mol. The summed E-state index contributed by atoms with van der Waals surface area (Å²) in [7, 11) is 1.68. The van der Waals surface area contributed by atoms with Crippen LogP contribution in [0, 0.1) is 0 Å². The lowest BCUT2D eigenvalue weighted by molar-refractivity contribution is -0.139. The number of hydrogen-bond acceptors (Lipinski definition) is 4. The predicted octanol–water partition coefficient (Wildman–Crippen LogP) is 4.18. The Morgan fingerprint density at radius 2 is 1.96 bits per heavy atom. The van der Waals surface area contributed by atoms with Crippen molar-refractivity contribution in [3.8, 4) is 11.5 Å². The summed E-state index contributed by atoms with van der Waals surface area (Å²) in [6, 6.07) is 8.63. The molecule has 0 radical (unpaired) electrons. The van der Waals surface area contributed by atoms with E-state index in [-0.39, 0.29) is 12.4 Å². The Hall–Kier alpha value is -2.41. The molecule has 0 aromatic heterocycles. The number of nitrogens with two attached hydrogens (primary N) is 1. The van der Waals surface area contributed by atoms with Crippen molar-refractivity contribution in [2.24, 2.45) is 5.84 Å². The molecule has 0 unspecified atom stereocenters. The highest BCUT2D eigenvalue weighted by Crippen LogP contribution is 2.44. The third-order valence-corrected chi connectivity index (χ3v) is 4.23. The van der Waals surface area contributed by atoms with E-state index in [1.807, 2.05) is 18.2 Å². The number of halogens is 3. The molecule has 7 heteroatoms. The molecule has 4 nitrogen and oxygen atoms in total. The van der Waals surface area contributed by atoms with Crippen molar-refractivity contribution in [1.82, 2.24) is 0 Å². The monoisotopic (exact) mass is 352 g/mol. The summed E-state index contributed by atoms with van der Waals surface area (Å²) in [4.78, 5) is 0. The van der Waals surface area contributed by atoms with Gasteiger partial charge in [-0.2, -0.15) is 13.2 Å². The van der Waals surface area contributed by atoms with Gasteiger partial charge in [0.15, 0.2) is 0 Å². The third-order valence-electron chi connectivity index (χ3n) is 4.23. The van der Waals surface area contributed by atoms with Crippen molar-refractivity contribution >= 4 is 5.69 Å². The van der Waals surface area contributed by atoms with Crippen LogP contribution in [0.5, 0.6) is 11.5 Å². The maximum absolute atomic E-state index is 13.2. The summed E-state index contributed by atoms with van der Waals surface area (Å²) in [5.74, 6) is 5.48. The Kier molecular flexibility index (Phi) is 4.51. The van der Waals surface area contributed by atoms with Crippen LogP contribution in [0.1, 0.15) is 35.4 Å². The van der Waals surface area contributed by atoms with E-state index in [1.165, 1.54) is 11.1 Å². The van der Waals surface area contributed by atoms with Crippen molar-refractivity contribution < 1.29 is 23.0 Å². The van der Waals surface area contributed by atoms with Crippen LogP contribution in [0.4, 0.5) is 18.9 Å². The molecule has 1 fully saturated rings. The molecule has 1 aliphatic carbocycles. The van der Waals surface area contributed by atoms with Crippen molar-refractivity contribution in [3.63, 3.8) is 0 Å². The average molecular weight is 352 g/mol. The topological polar surface area (TPSA) is 58.7 Å². The summed E-state index contributed by atoms with van der Waals surface area (Å²) < 4.78 is 45.0. The van der Waals surface area contributed by atoms with Gasteiger partial charge in [-0.3, -0.25) is 0 Å². The molecule has 1 saturated carbocycles. The SMILES string of the molecule is CN(N)c1cccc(C2CC2)c1COc1ccc(O)cc1C(F)(F)F. The van der Waals surface area contributed by atoms with Crippen LogP contribution in [0.2, 0.25) is 0 Å². The zero-order valence-electron chi connectivity index (χ0n) is 13.7. The van der Waals surface area contributed by atoms with Crippen LogP contribution < -0.4 is 15.6 Å². The molecule has 0 saturated heterocycles. The summed E-state index contributed by atoms with van der Waals surface area (Å²) in [6.45, 7) is -0.0304. The van der Waals surface area contributed by atoms with Crippen molar-refractivity contribution in [2.45, 2.75) is 31.5 Å². The molecule has 2 aromatic rings. The first-order chi connectivity index (χ1) is 11.8. The van der Waals surface area contributed by atoms with Crippen LogP contribution in [0.25, 0.3) is 0 Å². The maximum atomic E-state index is 13.2. The molecule has 0 amide bonds. The molecule has 25 heavy (non-hydrogen) atoms. The first kappa shape index (κ1) is 17.4. The number of phenols is 1. The number of hydrogen-bond donors (Lipinski definition) is 2. The van der Waals surface area contributed by atoms with Gasteiger partial charge in [0.2, 0.25) is 0 Å². The number of alkyl halides is 3. The summed E-state index contributed by atoms with van der Waals surface area (Å²) in [6.07, 6.45) is -2.51. The lowest BCUT2D eigenvalue weighted by Gasteiger charge is -2.21. The van der Waals surface area contributed by atoms with Crippen LogP contribution in [-0.4, -0.2) is 12.2 Å². The summed E-state index contributed by atoms with van der Waals surface area (Å²) in [5.41, 5.74) is 1.56. The van der Waals surface area contributed by atoms with Crippen LogP contribution in [0.15, 0.2) is 36.4 Å². The highest BCUT2D eigenvalue weighted by atomic mass is 19.4. The fourth-order valence-corrected chi connectivity index (χ4v) is 2.87. The molecule has 0 heterocycles. The zero-order valence-corrected chi connectivity index (χ0v) is 13.7. The van der Waals surface area contributed by atoms with E-state index in [1.54, 1.807) is 7.05 Å². The number of ether oxygens (including phenoxy) is 1. The Morgan fingerprint density at radius 3 is 2.56 bits per heavy atom. The number of phenolic OH excluding ortho intramolecular Hbond substituents is 1. The smallest absolute Gasteiger partial charge is 0.420 e. The zero-order chi connectivity index (χ0) is 18.2. The van der Waals surface area contributed by atoms with Crippen molar-refractivity contribution in [3.05, 3.63) is 53.1 Å². The first-order valence-electron chi connectivity index (χ1n) is 7.90. The Labute approximate surface area is 143 Å². The van der Waals surface area contributed by atoms with Crippen LogP contribution in [0.3, 0.4) is 0 Å². The molecule has 3 rings (SSSR count). The van der Waals surface area contributed by atoms with E-state index in [0.717, 1.165) is 35.7 Å². The van der Waals surface area contributed by atoms with E-state index in [2.05, 4.69) is 0 Å². The Morgan fingerprint density at radius 1 is 1.24 bits per heavy atom. The van der Waals surface area contributed by atoms with E-state index >= 15 is 0 Å². The highest BCUT2D eigenvalue weighted by Gasteiger charge is 2.35. The minimum absolute atomic E-state index is 0.0304. The number of benzene rings is 2. The van der Waals surface area contributed by atoms with Gasteiger partial charge in [-0.1, -0.05) is 12.1 Å². The van der Waals surface area contributed by atoms with Gasteiger partial charge < -0.3 is 14.9 Å². The fourth-order valence-electron chi connectivity index (χ4n) is 2.87. The van der Waals surface area contributed by atoms with E-state index in [4.69, 9.17) is 10.6 Å². The largest absolute Gasteiger partial charge is 0.508 e. The first-order valence-corrected chi connectivity index (χ1v) is 7.90. The molecule has 134 valence electrons. The van der Waals surface area contributed by atoms with Gasteiger partial charge in [0.25, 0.3) is 0 Å². The van der Waals surface area contributed by atoms with E-state index < -0.39 is 17.5 Å². The second kappa shape index (κ2) is 6.48. The molecule has 0 bridgehead atoms. The second-order valence-electron chi connectivity index (χ2n) is 6.20. The number of hydrazine groups is 1. The highest BCUT2D eigenvalue weighted by molar-refractivity contribution is 5.57. The van der Waals surface area contributed by atoms with Gasteiger partial charge in [-0.15, -0.1) is 0 Å². The summed E-state index contributed by atoms with van der Waals surface area (Å²) >= 11 is 0. The van der Waals surface area contributed by atoms with Gasteiger partial charge >= 0.3 is 6.18 Å². The van der Waals surface area contributed by atoms with Gasteiger partial charge in [0.05, 0.1) is 5.69 Å². The number of rotatable bonds is 5. The van der Waals surface area contributed by atoms with Gasteiger partial charge in [-0.05, 0) is 48.6 Å². The molecule has 3 N–H and O–H groups in total. The maximum Gasteiger partial charge on any atom is 0.420 e. The van der Waals surface area contributed by atoms with Gasteiger partial charge in [-0.25, -0.2) is 5.84 Å². The van der Waals surface area contributed by atoms with E-state index in [0.29, 0.717) is 12.0 Å². The Balaban J connectivity index is 1.92. The predicted molar refractivity (Wildman–Crippen MR) is 88.4 cm³/mol. The summed E-state index contributed by atoms with van der Waals surface area (Å²) in [5, 5.41) is 10.8. The molecule has 0 spiro atoms. The minimum atomic E-state index is -4.61. The standard InChI is InChI=1S/C18H19F3N2O2/c1-23(22)16-4-2-3-13(11-5-6-11)14(16)10-25-17-8-7-12(24)9-15(17)18(19,20)21/h2-4,7-9,11,24H,5-6,10,22H2,1H3. The van der Waals surface area contributed by atoms with Gasteiger partial charge in [0.1, 0.15) is 23.7 Å². The second-order valence-corrected chi connectivity index (χ2v) is 6.20. The van der Waals surface area contributed by atoms with Crippen LogP contribution >= 0.6 is 0 Å².